The molecule has 112 valence electrons. The van der Waals surface area contributed by atoms with Gasteiger partial charge in [-0.2, -0.15) is 0 Å². The van der Waals surface area contributed by atoms with E-state index in [2.05, 4.69) is 27.3 Å². The summed E-state index contributed by atoms with van der Waals surface area (Å²) in [6, 6.07) is 15.5. The molecule has 2 aromatic carbocycles. The second-order valence-corrected chi connectivity index (χ2v) is 7.60. The van der Waals surface area contributed by atoms with Crippen LogP contribution in [0, 0.1) is 3.57 Å². The first-order valence-electron chi connectivity index (χ1n) is 6.44. The van der Waals surface area contributed by atoms with Gasteiger partial charge in [0.1, 0.15) is 0 Å². The van der Waals surface area contributed by atoms with Crippen LogP contribution in [0.25, 0.3) is 0 Å². The van der Waals surface area contributed by atoms with Gasteiger partial charge in [0.05, 0.1) is 11.5 Å². The molecule has 2 N–H and O–H groups in total. The molecule has 2 aromatic rings. The third-order valence-electron chi connectivity index (χ3n) is 2.99. The molecule has 4 nitrogen and oxygen atoms in total. The Kier molecular flexibility index (Phi) is 5.74. The molecule has 21 heavy (non-hydrogen) atoms. The van der Waals surface area contributed by atoms with Gasteiger partial charge in [0.25, 0.3) is 0 Å². The van der Waals surface area contributed by atoms with Crippen LogP contribution in [0.3, 0.4) is 0 Å². The summed E-state index contributed by atoms with van der Waals surface area (Å²) in [5.74, 6) is 0. The fourth-order valence-electron chi connectivity index (χ4n) is 1.94. The van der Waals surface area contributed by atoms with Crippen LogP contribution in [0.15, 0.2) is 59.5 Å². The van der Waals surface area contributed by atoms with E-state index < -0.39 is 16.1 Å². The van der Waals surface area contributed by atoms with E-state index in [1.54, 1.807) is 24.3 Å². The second-order valence-electron chi connectivity index (χ2n) is 4.64. The van der Waals surface area contributed by atoms with Crippen LogP contribution in [0.1, 0.15) is 5.56 Å². The normalized spacial score (nSPS) is 13.0. The van der Waals surface area contributed by atoms with Gasteiger partial charge in [-0.25, -0.2) is 13.1 Å². The molecule has 0 aliphatic heterocycles. The maximum absolute atomic E-state index is 12.3. The Bertz CT molecular complexity index is 672. The predicted octanol–water partition coefficient (Wildman–Crippen LogP) is 2.17. The van der Waals surface area contributed by atoms with Gasteiger partial charge in [0.2, 0.25) is 10.0 Å². The van der Waals surface area contributed by atoms with Crippen LogP contribution in [-0.2, 0) is 16.4 Å². The lowest BCUT2D eigenvalue weighted by molar-refractivity contribution is 0.256. The molecular weight excluding hydrogens is 401 g/mol. The summed E-state index contributed by atoms with van der Waals surface area (Å²) >= 11 is 2.12. The highest BCUT2D eigenvalue weighted by molar-refractivity contribution is 14.1. The lowest BCUT2D eigenvalue weighted by atomic mass is 10.1. The molecule has 0 aliphatic rings. The third kappa shape index (κ3) is 4.77. The Morgan fingerprint density at radius 1 is 1.05 bits per heavy atom. The van der Waals surface area contributed by atoms with Crippen molar-refractivity contribution in [3.63, 3.8) is 0 Å². The summed E-state index contributed by atoms with van der Waals surface area (Å²) in [4.78, 5) is 0.203. The van der Waals surface area contributed by atoms with Crippen LogP contribution in [0.4, 0.5) is 0 Å². The number of sulfonamides is 1. The van der Waals surface area contributed by atoms with E-state index in [0.717, 1.165) is 9.13 Å². The fourth-order valence-corrected chi connectivity index (χ4v) is 3.53. The molecule has 0 saturated carbocycles. The average molecular weight is 417 g/mol. The topological polar surface area (TPSA) is 66.4 Å². The molecule has 0 spiro atoms. The molecule has 0 fully saturated rings. The molecule has 6 heteroatoms. The average Bonchev–Trinajstić information content (AvgIpc) is 2.48. The molecule has 0 aromatic heterocycles. The van der Waals surface area contributed by atoms with E-state index in [-0.39, 0.29) is 11.5 Å². The van der Waals surface area contributed by atoms with E-state index >= 15 is 0 Å². The SMILES string of the molecule is O=S(=O)(NC(CO)Cc1ccccc1)c1ccc(I)cc1. The molecular formula is C15H16INO3S. The van der Waals surface area contributed by atoms with Crippen molar-refractivity contribution in [1.29, 1.82) is 0 Å². The van der Waals surface area contributed by atoms with E-state index in [4.69, 9.17) is 0 Å². The second kappa shape index (κ2) is 7.35. The zero-order valence-corrected chi connectivity index (χ0v) is 14.2. The van der Waals surface area contributed by atoms with Crippen LogP contribution < -0.4 is 4.72 Å². The largest absolute Gasteiger partial charge is 0.395 e. The molecule has 0 amide bonds. The highest BCUT2D eigenvalue weighted by atomic mass is 127. The lowest BCUT2D eigenvalue weighted by Crippen LogP contribution is -2.39. The van der Waals surface area contributed by atoms with Gasteiger partial charge < -0.3 is 5.11 Å². The van der Waals surface area contributed by atoms with E-state index in [0.29, 0.717) is 6.42 Å². The molecule has 1 unspecified atom stereocenters. The van der Waals surface area contributed by atoms with Gasteiger partial charge in [-0.3, -0.25) is 0 Å². The third-order valence-corrected chi connectivity index (χ3v) is 5.25. The molecule has 0 radical (unpaired) electrons. The number of hydrogen-bond donors (Lipinski definition) is 2. The van der Waals surface area contributed by atoms with Crippen molar-refractivity contribution in [3.8, 4) is 0 Å². The first-order valence-corrected chi connectivity index (χ1v) is 9.00. The quantitative estimate of drug-likeness (QED) is 0.709. The van der Waals surface area contributed by atoms with Crippen molar-refractivity contribution in [2.75, 3.05) is 6.61 Å². The minimum Gasteiger partial charge on any atom is -0.395 e. The summed E-state index contributed by atoms with van der Waals surface area (Å²) in [6.07, 6.45) is 0.445. The van der Waals surface area contributed by atoms with E-state index in [1.807, 2.05) is 30.3 Å². The van der Waals surface area contributed by atoms with Crippen molar-refractivity contribution in [2.24, 2.45) is 0 Å². The summed E-state index contributed by atoms with van der Waals surface area (Å²) in [5, 5.41) is 9.41. The van der Waals surface area contributed by atoms with E-state index in [1.165, 1.54) is 0 Å². The monoisotopic (exact) mass is 417 g/mol. The molecule has 2 rings (SSSR count). The van der Waals surface area contributed by atoms with Crippen molar-refractivity contribution >= 4 is 32.6 Å². The van der Waals surface area contributed by atoms with Crippen LogP contribution >= 0.6 is 22.6 Å². The van der Waals surface area contributed by atoms with Gasteiger partial charge >= 0.3 is 0 Å². The molecule has 0 aliphatic carbocycles. The van der Waals surface area contributed by atoms with Crippen molar-refractivity contribution in [3.05, 3.63) is 63.7 Å². The van der Waals surface area contributed by atoms with Gasteiger partial charge in [-0.1, -0.05) is 30.3 Å². The smallest absolute Gasteiger partial charge is 0.240 e. The molecule has 0 bridgehead atoms. The Morgan fingerprint density at radius 3 is 2.24 bits per heavy atom. The highest BCUT2D eigenvalue weighted by Crippen LogP contribution is 2.13. The number of aliphatic hydroxyl groups excluding tert-OH is 1. The van der Waals surface area contributed by atoms with E-state index in [9.17, 15) is 13.5 Å². The number of aliphatic hydroxyl groups is 1. The number of nitrogens with one attached hydrogen (secondary N) is 1. The number of benzene rings is 2. The molecule has 0 heterocycles. The van der Waals surface area contributed by atoms with Crippen LogP contribution in [0.2, 0.25) is 0 Å². The predicted molar refractivity (Wildman–Crippen MR) is 90.5 cm³/mol. The van der Waals surface area contributed by atoms with Crippen LogP contribution in [0.5, 0.6) is 0 Å². The van der Waals surface area contributed by atoms with Crippen molar-refractivity contribution < 1.29 is 13.5 Å². The summed E-state index contributed by atoms with van der Waals surface area (Å²) < 4.78 is 28.1. The Morgan fingerprint density at radius 2 is 1.67 bits per heavy atom. The first-order chi connectivity index (χ1) is 10.0. The van der Waals surface area contributed by atoms with Crippen LogP contribution in [-0.4, -0.2) is 26.2 Å². The van der Waals surface area contributed by atoms with Gasteiger partial charge in [0, 0.05) is 9.61 Å². The maximum Gasteiger partial charge on any atom is 0.240 e. The molecule has 0 saturated heterocycles. The van der Waals surface area contributed by atoms with Crippen molar-refractivity contribution in [1.82, 2.24) is 4.72 Å². The first kappa shape index (κ1) is 16.4. The van der Waals surface area contributed by atoms with Gasteiger partial charge in [0.15, 0.2) is 0 Å². The highest BCUT2D eigenvalue weighted by Gasteiger charge is 2.19. The number of rotatable bonds is 6. The zero-order valence-electron chi connectivity index (χ0n) is 11.2. The standard InChI is InChI=1S/C15H16INO3S/c16-13-6-8-15(9-7-13)21(19,20)17-14(11-18)10-12-4-2-1-3-5-12/h1-9,14,17-18H,10-11H2. The fraction of sp³-hybridized carbons (Fsp3) is 0.200. The minimum atomic E-state index is -3.62. The number of hydrogen-bond acceptors (Lipinski definition) is 3. The number of halogens is 1. The molecule has 1 atom stereocenters. The zero-order chi connectivity index (χ0) is 15.3. The van der Waals surface area contributed by atoms with Gasteiger partial charge in [-0.05, 0) is 58.8 Å². The Hall–Kier alpha value is -0.960. The Labute approximate surface area is 138 Å². The van der Waals surface area contributed by atoms with Crippen molar-refractivity contribution in [2.45, 2.75) is 17.4 Å². The Balaban J connectivity index is 2.12. The summed E-state index contributed by atoms with van der Waals surface area (Å²) in [6.45, 7) is -0.251. The minimum absolute atomic E-state index is 0.203. The summed E-state index contributed by atoms with van der Waals surface area (Å²) in [7, 11) is -3.62. The maximum atomic E-state index is 12.3. The lowest BCUT2D eigenvalue weighted by Gasteiger charge is -2.16. The summed E-state index contributed by atoms with van der Waals surface area (Å²) in [5.41, 5.74) is 0.974. The van der Waals surface area contributed by atoms with Gasteiger partial charge in [-0.15, -0.1) is 0 Å².